The fraction of sp³-hybridized carbons (Fsp3) is 0.667. The lowest BCUT2D eigenvalue weighted by molar-refractivity contribution is -0.134. The third kappa shape index (κ3) is 4.18. The van der Waals surface area contributed by atoms with E-state index in [1.807, 2.05) is 0 Å². The molecule has 2 aliphatic heterocycles. The second-order valence-corrected chi connectivity index (χ2v) is 10.1. The van der Waals surface area contributed by atoms with Crippen molar-refractivity contribution in [2.75, 3.05) is 37.7 Å². The van der Waals surface area contributed by atoms with Crippen LogP contribution in [0.3, 0.4) is 0 Å². The van der Waals surface area contributed by atoms with Gasteiger partial charge in [-0.2, -0.15) is 5.26 Å². The number of aromatic nitrogens is 1. The lowest BCUT2D eigenvalue weighted by Gasteiger charge is -2.42. The number of carbonyl (C=O) groups is 2. The number of pyridine rings is 1. The Labute approximate surface area is 190 Å². The van der Waals surface area contributed by atoms with Crippen LogP contribution in [0.15, 0.2) is 18.3 Å². The maximum atomic E-state index is 13.3. The summed E-state index contributed by atoms with van der Waals surface area (Å²) in [6, 6.07) is 5.39. The van der Waals surface area contributed by atoms with E-state index in [1.165, 1.54) is 4.90 Å². The third-order valence-electron chi connectivity index (χ3n) is 8.01. The summed E-state index contributed by atoms with van der Waals surface area (Å²) in [6.45, 7) is 10.1. The second-order valence-electron chi connectivity index (χ2n) is 10.1. The molecule has 4 rings (SSSR count). The molecule has 172 valence electrons. The molecule has 32 heavy (non-hydrogen) atoms. The van der Waals surface area contributed by atoms with E-state index in [0.717, 1.165) is 64.1 Å². The zero-order valence-electron chi connectivity index (χ0n) is 19.4. The van der Waals surface area contributed by atoms with Crippen molar-refractivity contribution < 1.29 is 9.59 Å². The Morgan fingerprint density at radius 3 is 2.53 bits per heavy atom. The normalized spacial score (nSPS) is 27.0. The van der Waals surface area contributed by atoms with Gasteiger partial charge in [-0.1, -0.05) is 27.2 Å². The number of anilines is 1. The first-order valence-corrected chi connectivity index (χ1v) is 11.8. The number of amides is 3. The summed E-state index contributed by atoms with van der Waals surface area (Å²) in [5.74, 6) is 1.34. The molecule has 1 saturated carbocycles. The van der Waals surface area contributed by atoms with E-state index in [9.17, 15) is 9.59 Å². The molecule has 0 unspecified atom stereocenters. The number of nitrogens with one attached hydrogen (secondary N) is 1. The number of imide groups is 1. The number of rotatable bonds is 5. The smallest absolute Gasteiger partial charge is 0.326 e. The van der Waals surface area contributed by atoms with Gasteiger partial charge in [0, 0.05) is 32.4 Å². The van der Waals surface area contributed by atoms with Crippen LogP contribution in [0.4, 0.5) is 10.6 Å². The molecule has 0 bridgehead atoms. The van der Waals surface area contributed by atoms with E-state index >= 15 is 0 Å². The van der Waals surface area contributed by atoms with Crippen molar-refractivity contribution in [1.82, 2.24) is 20.1 Å². The predicted octanol–water partition coefficient (Wildman–Crippen LogP) is 2.95. The van der Waals surface area contributed by atoms with E-state index in [0.29, 0.717) is 18.2 Å². The molecule has 3 aliphatic rings. The van der Waals surface area contributed by atoms with E-state index in [2.05, 4.69) is 46.9 Å². The van der Waals surface area contributed by atoms with E-state index in [1.54, 1.807) is 18.3 Å². The zero-order chi connectivity index (χ0) is 22.9. The van der Waals surface area contributed by atoms with Gasteiger partial charge >= 0.3 is 6.03 Å². The summed E-state index contributed by atoms with van der Waals surface area (Å²) in [6.07, 6.45) is 6.21. The first-order valence-electron chi connectivity index (χ1n) is 11.8. The van der Waals surface area contributed by atoms with Crippen LogP contribution in [0.1, 0.15) is 58.4 Å². The summed E-state index contributed by atoms with van der Waals surface area (Å²) in [7, 11) is 0. The summed E-state index contributed by atoms with van der Waals surface area (Å²) in [5, 5.41) is 12.2. The van der Waals surface area contributed by atoms with Gasteiger partial charge in [-0.3, -0.25) is 9.69 Å². The lowest BCUT2D eigenvalue weighted by atomic mass is 9.65. The average Bonchev–Trinajstić information content (AvgIpc) is 3.03. The molecule has 3 fully saturated rings. The van der Waals surface area contributed by atoms with Gasteiger partial charge in [0.2, 0.25) is 0 Å². The highest BCUT2D eigenvalue weighted by Crippen LogP contribution is 2.45. The highest BCUT2D eigenvalue weighted by atomic mass is 16.2. The van der Waals surface area contributed by atoms with Crippen molar-refractivity contribution in [2.45, 2.75) is 58.4 Å². The van der Waals surface area contributed by atoms with Crippen LogP contribution in [0.5, 0.6) is 0 Å². The van der Waals surface area contributed by atoms with Crippen LogP contribution in [0.25, 0.3) is 0 Å². The Balaban J connectivity index is 1.33. The van der Waals surface area contributed by atoms with Crippen molar-refractivity contribution in [3.8, 4) is 6.07 Å². The van der Waals surface area contributed by atoms with Gasteiger partial charge in [0.05, 0.1) is 18.3 Å². The second kappa shape index (κ2) is 8.70. The number of hydrogen-bond donors (Lipinski definition) is 1. The molecule has 3 heterocycles. The summed E-state index contributed by atoms with van der Waals surface area (Å²) in [5.41, 5.74) is 0.161. The molecule has 2 saturated heterocycles. The van der Waals surface area contributed by atoms with Gasteiger partial charge in [-0.25, -0.2) is 14.7 Å². The summed E-state index contributed by atoms with van der Waals surface area (Å²) in [4.78, 5) is 36.1. The molecule has 3 amide bonds. The molecule has 1 spiro atoms. The van der Waals surface area contributed by atoms with Crippen LogP contribution >= 0.6 is 0 Å². The highest BCUT2D eigenvalue weighted by Gasteiger charge is 2.53. The number of nitriles is 1. The third-order valence-corrected chi connectivity index (χ3v) is 8.01. The highest BCUT2D eigenvalue weighted by molar-refractivity contribution is 6.07. The van der Waals surface area contributed by atoms with Gasteiger partial charge in [0.1, 0.15) is 11.4 Å². The Kier molecular flexibility index (Phi) is 6.13. The molecule has 8 nitrogen and oxygen atoms in total. The maximum absolute atomic E-state index is 13.3. The van der Waals surface area contributed by atoms with Crippen molar-refractivity contribution in [1.29, 1.82) is 5.26 Å². The molecule has 1 aromatic heterocycles. The maximum Gasteiger partial charge on any atom is 0.326 e. The van der Waals surface area contributed by atoms with Crippen LogP contribution < -0.4 is 10.2 Å². The quantitative estimate of drug-likeness (QED) is 0.711. The van der Waals surface area contributed by atoms with Crippen molar-refractivity contribution >= 4 is 17.8 Å². The van der Waals surface area contributed by atoms with Gasteiger partial charge in [-0.05, 0) is 49.1 Å². The van der Waals surface area contributed by atoms with Crippen LogP contribution in [-0.4, -0.2) is 65.1 Å². The molecule has 0 atom stereocenters. The summed E-state index contributed by atoms with van der Waals surface area (Å²) < 4.78 is 0. The van der Waals surface area contributed by atoms with Crippen molar-refractivity contribution in [2.24, 2.45) is 11.3 Å². The molecule has 1 aliphatic carbocycles. The predicted molar refractivity (Wildman–Crippen MR) is 122 cm³/mol. The number of hydrogen-bond acceptors (Lipinski definition) is 6. The fourth-order valence-corrected chi connectivity index (χ4v) is 5.30. The molecule has 1 aromatic rings. The molecular weight excluding hydrogens is 404 g/mol. The molecular formula is C24H34N6O2. The number of piperazine rings is 1. The Bertz CT molecular complexity index is 907. The van der Waals surface area contributed by atoms with Crippen molar-refractivity contribution in [3.63, 3.8) is 0 Å². The number of nitrogens with zero attached hydrogens (tertiary/aromatic N) is 5. The molecule has 1 N–H and O–H groups in total. The Hall–Kier alpha value is -2.66. The molecule has 0 aromatic carbocycles. The minimum absolute atomic E-state index is 0.0546. The van der Waals surface area contributed by atoms with Crippen LogP contribution in [-0.2, 0) is 4.79 Å². The first kappa shape index (κ1) is 22.5. The van der Waals surface area contributed by atoms with Gasteiger partial charge in [0.15, 0.2) is 0 Å². The monoisotopic (exact) mass is 438 g/mol. The Morgan fingerprint density at radius 1 is 1.22 bits per heavy atom. The Morgan fingerprint density at radius 2 is 1.91 bits per heavy atom. The van der Waals surface area contributed by atoms with Gasteiger partial charge in [0.25, 0.3) is 5.91 Å². The number of urea groups is 1. The average molecular weight is 439 g/mol. The van der Waals surface area contributed by atoms with Crippen LogP contribution in [0.2, 0.25) is 0 Å². The van der Waals surface area contributed by atoms with E-state index < -0.39 is 5.54 Å². The first-order chi connectivity index (χ1) is 15.3. The minimum Gasteiger partial charge on any atom is -0.354 e. The SMILES string of the molecule is CCC(C)(C)C1CCC2(CC1)NC(=O)N(CN1CCN(c3cc(C#N)ccn3)CC1)C2=O. The lowest BCUT2D eigenvalue weighted by Crippen LogP contribution is -2.53. The zero-order valence-corrected chi connectivity index (χ0v) is 19.4. The van der Waals surface area contributed by atoms with E-state index in [-0.39, 0.29) is 17.4 Å². The summed E-state index contributed by atoms with van der Waals surface area (Å²) >= 11 is 0. The largest absolute Gasteiger partial charge is 0.354 e. The number of carbonyl (C=O) groups excluding carboxylic acids is 2. The standard InChI is InChI=1S/C24H34N6O2/c1-4-23(2,3)19-5-8-24(9-6-19)21(31)30(22(32)27-24)17-28-11-13-29(14-12-28)20-15-18(16-25)7-10-26-20/h7,10,15,19H,4-6,8-9,11-14,17H2,1-3H3,(H,27,32). The minimum atomic E-state index is -0.707. The van der Waals surface area contributed by atoms with Gasteiger partial charge < -0.3 is 10.2 Å². The van der Waals surface area contributed by atoms with Crippen LogP contribution in [0, 0.1) is 22.7 Å². The van der Waals surface area contributed by atoms with E-state index in [4.69, 9.17) is 5.26 Å². The van der Waals surface area contributed by atoms with Gasteiger partial charge in [-0.15, -0.1) is 0 Å². The molecule has 8 heteroatoms. The molecule has 0 radical (unpaired) electrons. The van der Waals surface area contributed by atoms with Crippen molar-refractivity contribution in [3.05, 3.63) is 23.9 Å². The fourth-order valence-electron chi connectivity index (χ4n) is 5.30. The topological polar surface area (TPSA) is 92.6 Å².